The fourth-order valence-electron chi connectivity index (χ4n) is 4.75. The van der Waals surface area contributed by atoms with E-state index in [-0.39, 0.29) is 29.0 Å². The van der Waals surface area contributed by atoms with Gasteiger partial charge in [0.25, 0.3) is 0 Å². The molecule has 0 saturated heterocycles. The van der Waals surface area contributed by atoms with Gasteiger partial charge in [0.15, 0.2) is 0 Å². The first-order valence-electron chi connectivity index (χ1n) is 9.89. The van der Waals surface area contributed by atoms with Crippen LogP contribution in [0.4, 0.5) is 0 Å². The Labute approximate surface area is 157 Å². The summed E-state index contributed by atoms with van der Waals surface area (Å²) in [6, 6.07) is 0. The second kappa shape index (κ2) is 7.66. The zero-order valence-corrected chi connectivity index (χ0v) is 17.0. The van der Waals surface area contributed by atoms with Crippen molar-refractivity contribution in [3.8, 4) is 0 Å². The number of fused-ring (bicyclic) bond motifs is 1. The van der Waals surface area contributed by atoms with Crippen molar-refractivity contribution in [1.82, 2.24) is 0 Å². The van der Waals surface area contributed by atoms with Gasteiger partial charge < -0.3 is 4.74 Å². The molecule has 0 spiro atoms. The quantitative estimate of drug-likeness (QED) is 0.527. The molecule has 0 aromatic carbocycles. The third-order valence-electron chi connectivity index (χ3n) is 6.64. The predicted molar refractivity (Wildman–Crippen MR) is 102 cm³/mol. The van der Waals surface area contributed by atoms with E-state index < -0.39 is 5.60 Å². The monoisotopic (exact) mass is 362 g/mol. The number of ketones is 2. The van der Waals surface area contributed by atoms with E-state index in [2.05, 4.69) is 13.5 Å². The Kier molecular flexibility index (Phi) is 6.14. The molecular weight excluding hydrogens is 328 g/mol. The van der Waals surface area contributed by atoms with Crippen LogP contribution in [0.25, 0.3) is 0 Å². The van der Waals surface area contributed by atoms with E-state index in [1.807, 2.05) is 20.8 Å². The Morgan fingerprint density at radius 2 is 1.92 bits per heavy atom. The smallest absolute Gasteiger partial charge is 0.303 e. The molecule has 0 amide bonds. The lowest BCUT2D eigenvalue weighted by Gasteiger charge is -2.54. The lowest BCUT2D eigenvalue weighted by atomic mass is 9.49. The van der Waals surface area contributed by atoms with E-state index in [0.29, 0.717) is 31.0 Å². The lowest BCUT2D eigenvalue weighted by molar-refractivity contribution is -0.156. The molecule has 26 heavy (non-hydrogen) atoms. The molecule has 4 heteroatoms. The SMILES string of the molecule is C=C1CCC(=O)[C@H](C)CC[C@@H]2[C@@H]1C[C@@]2(C)C(=O)CCC(C)(C)OC(C)=O. The van der Waals surface area contributed by atoms with Gasteiger partial charge in [-0.3, -0.25) is 14.4 Å². The number of carbonyl (C=O) groups is 3. The minimum absolute atomic E-state index is 0.0735. The van der Waals surface area contributed by atoms with Crippen LogP contribution in [0.5, 0.6) is 0 Å². The summed E-state index contributed by atoms with van der Waals surface area (Å²) >= 11 is 0. The summed E-state index contributed by atoms with van der Waals surface area (Å²) in [7, 11) is 0. The normalized spacial score (nSPS) is 32.6. The summed E-state index contributed by atoms with van der Waals surface area (Å²) in [6.45, 7) is 13.4. The molecule has 2 saturated carbocycles. The molecule has 146 valence electrons. The molecule has 0 aromatic rings. The van der Waals surface area contributed by atoms with Crippen LogP contribution in [-0.4, -0.2) is 23.1 Å². The Morgan fingerprint density at radius 1 is 1.27 bits per heavy atom. The largest absolute Gasteiger partial charge is 0.460 e. The van der Waals surface area contributed by atoms with E-state index in [1.165, 1.54) is 6.92 Å². The summed E-state index contributed by atoms with van der Waals surface area (Å²) in [5.74, 6) is 0.984. The molecule has 2 fully saturated rings. The number of hydrogen-bond donors (Lipinski definition) is 0. The van der Waals surface area contributed by atoms with Crippen molar-refractivity contribution >= 4 is 17.5 Å². The highest BCUT2D eigenvalue weighted by Gasteiger charge is 2.55. The van der Waals surface area contributed by atoms with Crippen LogP contribution in [0.15, 0.2) is 12.2 Å². The van der Waals surface area contributed by atoms with Crippen LogP contribution in [0.3, 0.4) is 0 Å². The van der Waals surface area contributed by atoms with Crippen LogP contribution < -0.4 is 0 Å². The minimum Gasteiger partial charge on any atom is -0.460 e. The second-order valence-corrected chi connectivity index (χ2v) is 9.21. The first-order valence-corrected chi connectivity index (χ1v) is 9.89. The van der Waals surface area contributed by atoms with Crippen LogP contribution in [0.2, 0.25) is 0 Å². The van der Waals surface area contributed by atoms with Gasteiger partial charge in [-0.1, -0.05) is 26.0 Å². The highest BCUT2D eigenvalue weighted by molar-refractivity contribution is 5.86. The highest BCUT2D eigenvalue weighted by Crippen LogP contribution is 2.58. The Balaban J connectivity index is 2.04. The zero-order chi connectivity index (χ0) is 19.7. The van der Waals surface area contributed by atoms with Crippen molar-refractivity contribution in [2.45, 2.75) is 85.2 Å². The van der Waals surface area contributed by atoms with Crippen molar-refractivity contribution < 1.29 is 19.1 Å². The molecule has 0 N–H and O–H groups in total. The summed E-state index contributed by atoms with van der Waals surface area (Å²) in [5, 5.41) is 0. The van der Waals surface area contributed by atoms with E-state index in [0.717, 1.165) is 31.3 Å². The maximum absolute atomic E-state index is 13.0. The number of esters is 1. The van der Waals surface area contributed by atoms with Gasteiger partial charge in [0.2, 0.25) is 0 Å². The Bertz CT molecular complexity index is 603. The molecule has 0 aromatic heterocycles. The molecule has 0 unspecified atom stereocenters. The molecule has 0 aliphatic heterocycles. The maximum atomic E-state index is 13.0. The Morgan fingerprint density at radius 3 is 2.54 bits per heavy atom. The van der Waals surface area contributed by atoms with E-state index in [4.69, 9.17) is 4.74 Å². The number of ether oxygens (including phenoxy) is 1. The van der Waals surface area contributed by atoms with Gasteiger partial charge in [0.1, 0.15) is 17.2 Å². The number of allylic oxidation sites excluding steroid dienone is 1. The van der Waals surface area contributed by atoms with E-state index in [9.17, 15) is 14.4 Å². The molecular formula is C22H34O4. The van der Waals surface area contributed by atoms with Crippen LogP contribution >= 0.6 is 0 Å². The van der Waals surface area contributed by atoms with Crippen molar-refractivity contribution in [3.63, 3.8) is 0 Å². The van der Waals surface area contributed by atoms with Gasteiger partial charge in [0.05, 0.1) is 0 Å². The average molecular weight is 363 g/mol. The van der Waals surface area contributed by atoms with Gasteiger partial charge in [0, 0.05) is 31.1 Å². The maximum Gasteiger partial charge on any atom is 0.303 e. The lowest BCUT2D eigenvalue weighted by Crippen LogP contribution is -2.52. The van der Waals surface area contributed by atoms with E-state index >= 15 is 0 Å². The molecule has 4 nitrogen and oxygen atoms in total. The van der Waals surface area contributed by atoms with Gasteiger partial charge in [-0.05, 0) is 57.8 Å². The van der Waals surface area contributed by atoms with Crippen molar-refractivity contribution in [2.24, 2.45) is 23.2 Å². The van der Waals surface area contributed by atoms with Crippen LogP contribution in [0.1, 0.15) is 79.6 Å². The fourth-order valence-corrected chi connectivity index (χ4v) is 4.75. The first-order chi connectivity index (χ1) is 12.0. The molecule has 2 aliphatic rings. The van der Waals surface area contributed by atoms with Gasteiger partial charge in [-0.2, -0.15) is 0 Å². The highest BCUT2D eigenvalue weighted by atomic mass is 16.6. The summed E-state index contributed by atoms with van der Waals surface area (Å²) in [4.78, 5) is 36.4. The second-order valence-electron chi connectivity index (χ2n) is 9.21. The number of carbonyl (C=O) groups excluding carboxylic acids is 3. The zero-order valence-electron chi connectivity index (χ0n) is 17.0. The molecule has 0 bridgehead atoms. The van der Waals surface area contributed by atoms with E-state index in [1.54, 1.807) is 0 Å². The molecule has 2 aliphatic carbocycles. The summed E-state index contributed by atoms with van der Waals surface area (Å²) < 4.78 is 5.31. The van der Waals surface area contributed by atoms with Crippen molar-refractivity contribution in [2.75, 3.05) is 0 Å². The molecule has 4 atom stereocenters. The first kappa shape index (κ1) is 20.9. The number of rotatable bonds is 5. The fraction of sp³-hybridized carbons (Fsp3) is 0.773. The molecule has 2 rings (SSSR count). The number of hydrogen-bond acceptors (Lipinski definition) is 4. The third-order valence-corrected chi connectivity index (χ3v) is 6.64. The summed E-state index contributed by atoms with van der Waals surface area (Å²) in [5.41, 5.74) is 0.180. The van der Waals surface area contributed by atoms with Crippen LogP contribution in [-0.2, 0) is 19.1 Å². The van der Waals surface area contributed by atoms with Gasteiger partial charge in [-0.25, -0.2) is 0 Å². The number of Topliss-reactive ketones (excluding diaryl/α,β-unsaturated/α-hetero) is 2. The molecule has 0 radical (unpaired) electrons. The van der Waals surface area contributed by atoms with Crippen molar-refractivity contribution in [3.05, 3.63) is 12.2 Å². The average Bonchev–Trinajstić information content (AvgIpc) is 2.56. The van der Waals surface area contributed by atoms with Crippen LogP contribution in [0, 0.1) is 23.2 Å². The standard InChI is InChI=1S/C22H34O4/c1-14-8-10-19(24)15(2)7-9-18-17(14)13-22(18,6)20(25)11-12-21(4,5)26-16(3)23/h15,17-18H,1,7-13H2,2-6H3/t15-,17-,18-,22-/m1/s1. The molecule has 0 heterocycles. The van der Waals surface area contributed by atoms with Crippen molar-refractivity contribution in [1.29, 1.82) is 0 Å². The Hall–Kier alpha value is -1.45. The minimum atomic E-state index is -0.621. The van der Waals surface area contributed by atoms with Gasteiger partial charge in [-0.15, -0.1) is 0 Å². The third kappa shape index (κ3) is 4.44. The van der Waals surface area contributed by atoms with Gasteiger partial charge >= 0.3 is 5.97 Å². The predicted octanol–water partition coefficient (Wildman–Crippen LogP) is 4.66. The topological polar surface area (TPSA) is 60.4 Å². The summed E-state index contributed by atoms with van der Waals surface area (Å²) in [6.07, 6.45) is 4.90.